The average molecular weight is 322 g/mol. The number of anilines is 1. The van der Waals surface area contributed by atoms with Crippen molar-refractivity contribution in [2.24, 2.45) is 0 Å². The summed E-state index contributed by atoms with van der Waals surface area (Å²) in [6, 6.07) is 5.65. The van der Waals surface area contributed by atoms with Crippen LogP contribution in [0.25, 0.3) is 11.5 Å². The van der Waals surface area contributed by atoms with E-state index in [9.17, 15) is 0 Å². The SMILES string of the molecule is Nc1ccc(Br)cc1-c1nc(C2CCCCC2)no1. The number of hydrogen-bond acceptors (Lipinski definition) is 4. The van der Waals surface area contributed by atoms with Crippen molar-refractivity contribution in [1.82, 2.24) is 10.1 Å². The largest absolute Gasteiger partial charge is 0.398 e. The zero-order valence-corrected chi connectivity index (χ0v) is 12.2. The third-order valence-electron chi connectivity index (χ3n) is 3.66. The lowest BCUT2D eigenvalue weighted by molar-refractivity contribution is 0.385. The molecule has 0 unspecified atom stereocenters. The molecule has 1 aliphatic carbocycles. The quantitative estimate of drug-likeness (QED) is 0.844. The minimum absolute atomic E-state index is 0.444. The molecule has 0 amide bonds. The summed E-state index contributed by atoms with van der Waals surface area (Å²) in [7, 11) is 0. The molecule has 0 spiro atoms. The van der Waals surface area contributed by atoms with Crippen LogP contribution in [-0.2, 0) is 0 Å². The topological polar surface area (TPSA) is 64.9 Å². The highest BCUT2D eigenvalue weighted by Crippen LogP contribution is 2.33. The summed E-state index contributed by atoms with van der Waals surface area (Å²) in [5.74, 6) is 1.79. The zero-order chi connectivity index (χ0) is 13.2. The van der Waals surface area contributed by atoms with Crippen LogP contribution in [0.15, 0.2) is 27.2 Å². The predicted octanol–water partition coefficient (Wildman–Crippen LogP) is 4.13. The van der Waals surface area contributed by atoms with Gasteiger partial charge in [0.25, 0.3) is 5.89 Å². The Labute approximate surface area is 120 Å². The lowest BCUT2D eigenvalue weighted by atomic mass is 9.89. The van der Waals surface area contributed by atoms with Crippen molar-refractivity contribution in [1.29, 1.82) is 0 Å². The molecule has 0 aliphatic heterocycles. The number of aromatic nitrogens is 2. The van der Waals surface area contributed by atoms with E-state index in [1.165, 1.54) is 19.3 Å². The van der Waals surface area contributed by atoms with Crippen molar-refractivity contribution in [2.75, 3.05) is 5.73 Å². The normalized spacial score (nSPS) is 16.7. The van der Waals surface area contributed by atoms with Crippen molar-refractivity contribution >= 4 is 21.6 Å². The summed E-state index contributed by atoms with van der Waals surface area (Å²) >= 11 is 3.43. The molecule has 1 aromatic heterocycles. The Bertz CT molecular complexity index is 576. The first-order chi connectivity index (χ1) is 9.24. The Hall–Kier alpha value is -1.36. The molecule has 19 heavy (non-hydrogen) atoms. The Morgan fingerprint density at radius 2 is 2.00 bits per heavy atom. The van der Waals surface area contributed by atoms with E-state index in [0.717, 1.165) is 28.7 Å². The number of nitrogens with two attached hydrogens (primary N) is 1. The molecule has 5 heteroatoms. The molecule has 100 valence electrons. The molecule has 2 aromatic rings. The van der Waals surface area contributed by atoms with Crippen LogP contribution in [0.2, 0.25) is 0 Å². The maximum absolute atomic E-state index is 5.96. The molecule has 1 saturated carbocycles. The zero-order valence-electron chi connectivity index (χ0n) is 10.6. The van der Waals surface area contributed by atoms with Gasteiger partial charge in [0.05, 0.1) is 5.56 Å². The van der Waals surface area contributed by atoms with Gasteiger partial charge in [-0.25, -0.2) is 0 Å². The van der Waals surface area contributed by atoms with Crippen LogP contribution in [0.4, 0.5) is 5.69 Å². The van der Waals surface area contributed by atoms with E-state index in [1.807, 2.05) is 18.2 Å². The van der Waals surface area contributed by atoms with Crippen LogP contribution < -0.4 is 5.73 Å². The van der Waals surface area contributed by atoms with Gasteiger partial charge in [0.2, 0.25) is 0 Å². The summed E-state index contributed by atoms with van der Waals surface area (Å²) in [6.45, 7) is 0. The van der Waals surface area contributed by atoms with Gasteiger partial charge in [-0.2, -0.15) is 4.98 Å². The van der Waals surface area contributed by atoms with E-state index in [1.54, 1.807) is 0 Å². The number of halogens is 1. The number of nitrogen functional groups attached to an aromatic ring is 1. The number of nitrogens with zero attached hydrogens (tertiary/aromatic N) is 2. The third kappa shape index (κ3) is 2.66. The standard InChI is InChI=1S/C14H16BrN3O/c15-10-6-7-12(16)11(8-10)14-17-13(18-19-14)9-4-2-1-3-5-9/h6-9H,1-5,16H2. The summed E-state index contributed by atoms with van der Waals surface area (Å²) in [5.41, 5.74) is 7.41. The molecule has 1 aromatic carbocycles. The average Bonchev–Trinajstić information content (AvgIpc) is 2.92. The van der Waals surface area contributed by atoms with Gasteiger partial charge in [-0.1, -0.05) is 40.3 Å². The fourth-order valence-electron chi connectivity index (χ4n) is 2.58. The molecule has 0 radical (unpaired) electrons. The second kappa shape index (κ2) is 5.33. The van der Waals surface area contributed by atoms with E-state index in [0.29, 0.717) is 17.5 Å². The fourth-order valence-corrected chi connectivity index (χ4v) is 2.95. The summed E-state index contributed by atoms with van der Waals surface area (Å²) in [4.78, 5) is 4.53. The van der Waals surface area contributed by atoms with Gasteiger partial charge in [0, 0.05) is 16.1 Å². The van der Waals surface area contributed by atoms with Crippen molar-refractivity contribution < 1.29 is 4.52 Å². The first-order valence-corrected chi connectivity index (χ1v) is 7.42. The first kappa shape index (κ1) is 12.7. The first-order valence-electron chi connectivity index (χ1n) is 6.63. The van der Waals surface area contributed by atoms with Crippen LogP contribution in [0, 0.1) is 0 Å². The predicted molar refractivity (Wildman–Crippen MR) is 77.7 cm³/mol. The molecule has 0 bridgehead atoms. The lowest BCUT2D eigenvalue weighted by Crippen LogP contribution is -2.06. The molecule has 4 nitrogen and oxygen atoms in total. The molecule has 0 atom stereocenters. The number of rotatable bonds is 2. The number of hydrogen-bond donors (Lipinski definition) is 1. The Morgan fingerprint density at radius 3 is 2.79 bits per heavy atom. The Balaban J connectivity index is 1.89. The van der Waals surface area contributed by atoms with Crippen molar-refractivity contribution in [3.05, 3.63) is 28.5 Å². The van der Waals surface area contributed by atoms with Gasteiger partial charge in [0.1, 0.15) is 0 Å². The summed E-state index contributed by atoms with van der Waals surface area (Å²) in [6.07, 6.45) is 6.15. The van der Waals surface area contributed by atoms with Crippen molar-refractivity contribution in [3.63, 3.8) is 0 Å². The van der Waals surface area contributed by atoms with Crippen molar-refractivity contribution in [2.45, 2.75) is 38.0 Å². The fraction of sp³-hybridized carbons (Fsp3) is 0.429. The van der Waals surface area contributed by atoms with E-state index < -0.39 is 0 Å². The van der Waals surface area contributed by atoms with Crippen molar-refractivity contribution in [3.8, 4) is 11.5 Å². The maximum atomic E-state index is 5.96. The van der Waals surface area contributed by atoms with Crippen LogP contribution in [0.5, 0.6) is 0 Å². The second-order valence-electron chi connectivity index (χ2n) is 5.02. The van der Waals surface area contributed by atoms with Crippen LogP contribution in [0.1, 0.15) is 43.8 Å². The smallest absolute Gasteiger partial charge is 0.260 e. The third-order valence-corrected chi connectivity index (χ3v) is 4.15. The molecule has 1 fully saturated rings. The van der Waals surface area contributed by atoms with Gasteiger partial charge < -0.3 is 10.3 Å². The van der Waals surface area contributed by atoms with Crippen LogP contribution in [-0.4, -0.2) is 10.1 Å². The van der Waals surface area contributed by atoms with Gasteiger partial charge in [0.15, 0.2) is 5.82 Å². The molecule has 2 N–H and O–H groups in total. The Kier molecular flexibility index (Phi) is 3.55. The summed E-state index contributed by atoms with van der Waals surface area (Å²) < 4.78 is 6.33. The summed E-state index contributed by atoms with van der Waals surface area (Å²) in [5, 5.41) is 4.13. The molecule has 3 rings (SSSR count). The lowest BCUT2D eigenvalue weighted by Gasteiger charge is -2.17. The number of benzene rings is 1. The molecule has 1 heterocycles. The maximum Gasteiger partial charge on any atom is 0.260 e. The van der Waals surface area contributed by atoms with E-state index in [4.69, 9.17) is 10.3 Å². The monoisotopic (exact) mass is 321 g/mol. The van der Waals surface area contributed by atoms with Crippen LogP contribution >= 0.6 is 15.9 Å². The van der Waals surface area contributed by atoms with E-state index in [2.05, 4.69) is 26.1 Å². The highest BCUT2D eigenvalue weighted by molar-refractivity contribution is 9.10. The van der Waals surface area contributed by atoms with Gasteiger partial charge in [-0.05, 0) is 31.0 Å². The van der Waals surface area contributed by atoms with Gasteiger partial charge in [-0.3, -0.25) is 0 Å². The van der Waals surface area contributed by atoms with E-state index >= 15 is 0 Å². The molecular weight excluding hydrogens is 306 g/mol. The van der Waals surface area contributed by atoms with Crippen LogP contribution in [0.3, 0.4) is 0 Å². The minimum atomic E-state index is 0.444. The van der Waals surface area contributed by atoms with E-state index in [-0.39, 0.29) is 0 Å². The highest BCUT2D eigenvalue weighted by atomic mass is 79.9. The Morgan fingerprint density at radius 1 is 1.21 bits per heavy atom. The highest BCUT2D eigenvalue weighted by Gasteiger charge is 2.21. The molecule has 0 saturated heterocycles. The van der Waals surface area contributed by atoms with Gasteiger partial charge >= 0.3 is 0 Å². The van der Waals surface area contributed by atoms with Gasteiger partial charge in [-0.15, -0.1) is 0 Å². The minimum Gasteiger partial charge on any atom is -0.398 e. The molecular formula is C14H16BrN3O. The second-order valence-corrected chi connectivity index (χ2v) is 5.94. The molecule has 1 aliphatic rings.